The average molecular weight is 217 g/mol. The van der Waals surface area contributed by atoms with Crippen molar-refractivity contribution in [2.75, 3.05) is 6.54 Å². The van der Waals surface area contributed by atoms with Gasteiger partial charge in [-0.1, -0.05) is 6.42 Å². The number of rotatable bonds is 7. The Morgan fingerprint density at radius 3 is 2.47 bits per heavy atom. The highest BCUT2D eigenvalue weighted by molar-refractivity contribution is 5.82. The van der Waals surface area contributed by atoms with Crippen LogP contribution in [0.4, 0.5) is 0 Å². The number of nitrogens with two attached hydrogens (primary N) is 2. The van der Waals surface area contributed by atoms with Gasteiger partial charge in [-0.3, -0.25) is 4.79 Å². The average Bonchev–Trinajstić information content (AvgIpc) is 2.16. The molecule has 0 fully saturated rings. The second-order valence-corrected chi connectivity index (χ2v) is 3.96. The van der Waals surface area contributed by atoms with E-state index in [4.69, 9.17) is 16.6 Å². The lowest BCUT2D eigenvalue weighted by Gasteiger charge is -2.18. The van der Waals surface area contributed by atoms with Crippen molar-refractivity contribution in [3.63, 3.8) is 0 Å². The molecule has 0 spiro atoms. The Balaban J connectivity index is 3.75. The van der Waals surface area contributed by atoms with Crippen LogP contribution >= 0.6 is 0 Å². The lowest BCUT2D eigenvalue weighted by atomic mass is 10.1. The summed E-state index contributed by atoms with van der Waals surface area (Å²) in [7, 11) is 0. The fourth-order valence-electron chi connectivity index (χ4n) is 1.23. The molecule has 5 nitrogen and oxygen atoms in total. The molecular formula is C10H23N3O2. The number of aliphatic hydroxyl groups is 1. The Labute approximate surface area is 91.2 Å². The SMILES string of the molecule is C[C@H](CCCCN)NC(=O)[C@@H](N)[C@@H](C)O. The minimum absolute atomic E-state index is 0.0776. The van der Waals surface area contributed by atoms with E-state index in [1.807, 2.05) is 6.92 Å². The summed E-state index contributed by atoms with van der Waals surface area (Å²) in [5, 5.41) is 11.9. The largest absolute Gasteiger partial charge is 0.391 e. The highest BCUT2D eigenvalue weighted by Gasteiger charge is 2.19. The minimum Gasteiger partial charge on any atom is -0.391 e. The Bertz CT molecular complexity index is 186. The van der Waals surface area contributed by atoms with Gasteiger partial charge in [0, 0.05) is 6.04 Å². The van der Waals surface area contributed by atoms with Crippen LogP contribution in [0.25, 0.3) is 0 Å². The molecule has 0 aliphatic rings. The third-order valence-corrected chi connectivity index (χ3v) is 2.30. The third-order valence-electron chi connectivity index (χ3n) is 2.30. The summed E-state index contributed by atoms with van der Waals surface area (Å²) < 4.78 is 0. The Morgan fingerprint density at radius 2 is 2.00 bits per heavy atom. The van der Waals surface area contributed by atoms with E-state index in [1.54, 1.807) is 0 Å². The summed E-state index contributed by atoms with van der Waals surface area (Å²) in [6, 6.07) is -0.768. The maximum Gasteiger partial charge on any atom is 0.239 e. The molecule has 15 heavy (non-hydrogen) atoms. The summed E-state index contributed by atoms with van der Waals surface area (Å²) in [5.41, 5.74) is 10.8. The van der Waals surface area contributed by atoms with Crippen LogP contribution in [-0.2, 0) is 4.79 Å². The second kappa shape index (κ2) is 7.62. The lowest BCUT2D eigenvalue weighted by Crippen LogP contribution is -2.49. The molecule has 0 bridgehead atoms. The molecule has 0 unspecified atom stereocenters. The van der Waals surface area contributed by atoms with Gasteiger partial charge >= 0.3 is 0 Å². The molecule has 0 aromatic carbocycles. The van der Waals surface area contributed by atoms with Crippen molar-refractivity contribution in [3.05, 3.63) is 0 Å². The maximum atomic E-state index is 11.4. The molecule has 0 aliphatic heterocycles. The molecule has 0 heterocycles. The summed E-state index contributed by atoms with van der Waals surface area (Å²) in [4.78, 5) is 11.4. The van der Waals surface area contributed by atoms with Gasteiger partial charge in [0.15, 0.2) is 0 Å². The van der Waals surface area contributed by atoms with Crippen molar-refractivity contribution in [2.45, 2.75) is 51.3 Å². The van der Waals surface area contributed by atoms with Gasteiger partial charge in [0.05, 0.1) is 6.10 Å². The van der Waals surface area contributed by atoms with Gasteiger partial charge in [-0.2, -0.15) is 0 Å². The highest BCUT2D eigenvalue weighted by Crippen LogP contribution is 2.00. The van der Waals surface area contributed by atoms with Crippen molar-refractivity contribution in [3.8, 4) is 0 Å². The molecule has 3 atom stereocenters. The monoisotopic (exact) mass is 217 g/mol. The normalized spacial score (nSPS) is 16.9. The number of hydrogen-bond acceptors (Lipinski definition) is 4. The van der Waals surface area contributed by atoms with E-state index in [9.17, 15) is 4.79 Å². The smallest absolute Gasteiger partial charge is 0.239 e. The van der Waals surface area contributed by atoms with E-state index >= 15 is 0 Å². The van der Waals surface area contributed by atoms with Gasteiger partial charge in [0.1, 0.15) is 6.04 Å². The first-order valence-corrected chi connectivity index (χ1v) is 5.43. The predicted octanol–water partition coefficient (Wildman–Crippen LogP) is -0.672. The van der Waals surface area contributed by atoms with Crippen molar-refractivity contribution < 1.29 is 9.90 Å². The zero-order valence-corrected chi connectivity index (χ0v) is 9.57. The number of carbonyl (C=O) groups is 1. The van der Waals surface area contributed by atoms with Gasteiger partial charge in [0.2, 0.25) is 5.91 Å². The van der Waals surface area contributed by atoms with Gasteiger partial charge in [-0.05, 0) is 33.2 Å². The molecule has 1 amide bonds. The number of nitrogens with one attached hydrogen (secondary N) is 1. The van der Waals surface area contributed by atoms with Gasteiger partial charge in [-0.25, -0.2) is 0 Å². The Morgan fingerprint density at radius 1 is 1.40 bits per heavy atom. The second-order valence-electron chi connectivity index (χ2n) is 3.96. The van der Waals surface area contributed by atoms with E-state index in [2.05, 4.69) is 5.32 Å². The quantitative estimate of drug-likeness (QED) is 0.425. The number of aliphatic hydroxyl groups excluding tert-OH is 1. The minimum atomic E-state index is -0.845. The third kappa shape index (κ3) is 6.43. The summed E-state index contributed by atoms with van der Waals surface area (Å²) in [6.07, 6.45) is 2.02. The summed E-state index contributed by atoms with van der Waals surface area (Å²) in [6.45, 7) is 4.10. The van der Waals surface area contributed by atoms with Gasteiger partial charge < -0.3 is 21.9 Å². The molecule has 0 aliphatic carbocycles. The van der Waals surface area contributed by atoms with Crippen molar-refractivity contribution in [2.24, 2.45) is 11.5 Å². The lowest BCUT2D eigenvalue weighted by molar-refractivity contribution is -0.125. The first-order valence-electron chi connectivity index (χ1n) is 5.43. The standard InChI is InChI=1S/C10H23N3O2/c1-7(5-3-4-6-11)13-10(15)9(12)8(2)14/h7-9,14H,3-6,11-12H2,1-2H3,(H,13,15)/t7-,8-,9+/m1/s1. The molecule has 5 heteroatoms. The molecule has 0 saturated carbocycles. The number of carbonyl (C=O) groups excluding carboxylic acids is 1. The van der Waals surface area contributed by atoms with E-state index in [0.717, 1.165) is 19.3 Å². The molecule has 0 radical (unpaired) electrons. The molecule has 6 N–H and O–H groups in total. The summed E-state index contributed by atoms with van der Waals surface area (Å²) in [5.74, 6) is -0.301. The Kier molecular flexibility index (Phi) is 7.29. The first-order chi connectivity index (χ1) is 6.99. The molecular weight excluding hydrogens is 194 g/mol. The molecule has 0 saturated heterocycles. The van der Waals surface area contributed by atoms with Crippen LogP contribution in [0.3, 0.4) is 0 Å². The Hall–Kier alpha value is -0.650. The van der Waals surface area contributed by atoms with Gasteiger partial charge in [0.25, 0.3) is 0 Å². The fraction of sp³-hybridized carbons (Fsp3) is 0.900. The zero-order chi connectivity index (χ0) is 11.8. The highest BCUT2D eigenvalue weighted by atomic mass is 16.3. The number of amides is 1. The molecule has 0 rings (SSSR count). The van der Waals surface area contributed by atoms with Crippen molar-refractivity contribution in [1.82, 2.24) is 5.32 Å². The molecule has 0 aromatic rings. The van der Waals surface area contributed by atoms with Crippen molar-refractivity contribution in [1.29, 1.82) is 0 Å². The number of unbranched alkanes of at least 4 members (excludes halogenated alkanes) is 1. The zero-order valence-electron chi connectivity index (χ0n) is 9.57. The van der Waals surface area contributed by atoms with E-state index in [1.165, 1.54) is 6.92 Å². The molecule has 0 aromatic heterocycles. The molecule has 90 valence electrons. The van der Waals surface area contributed by atoms with E-state index < -0.39 is 12.1 Å². The topological polar surface area (TPSA) is 101 Å². The van der Waals surface area contributed by atoms with E-state index in [0.29, 0.717) is 6.54 Å². The van der Waals surface area contributed by atoms with Crippen LogP contribution < -0.4 is 16.8 Å². The number of hydrogen-bond donors (Lipinski definition) is 4. The first kappa shape index (κ1) is 14.3. The van der Waals surface area contributed by atoms with Crippen LogP contribution in [0.1, 0.15) is 33.1 Å². The van der Waals surface area contributed by atoms with Crippen LogP contribution in [0.5, 0.6) is 0 Å². The van der Waals surface area contributed by atoms with Crippen LogP contribution in [0, 0.1) is 0 Å². The van der Waals surface area contributed by atoms with Gasteiger partial charge in [-0.15, -0.1) is 0 Å². The van der Waals surface area contributed by atoms with Crippen LogP contribution in [-0.4, -0.2) is 35.7 Å². The fourth-order valence-corrected chi connectivity index (χ4v) is 1.23. The van der Waals surface area contributed by atoms with Crippen molar-refractivity contribution >= 4 is 5.91 Å². The maximum absolute atomic E-state index is 11.4. The predicted molar refractivity (Wildman–Crippen MR) is 60.2 cm³/mol. The van der Waals surface area contributed by atoms with E-state index in [-0.39, 0.29) is 11.9 Å². The van der Waals surface area contributed by atoms with Crippen LogP contribution in [0.15, 0.2) is 0 Å². The summed E-state index contributed by atoms with van der Waals surface area (Å²) >= 11 is 0. The van der Waals surface area contributed by atoms with Crippen LogP contribution in [0.2, 0.25) is 0 Å².